The molecule has 3 rings (SSSR count). The van der Waals surface area contributed by atoms with E-state index in [0.29, 0.717) is 11.6 Å². The van der Waals surface area contributed by atoms with Crippen LogP contribution in [0.5, 0.6) is 5.88 Å². The molecule has 1 fully saturated rings. The first-order valence-corrected chi connectivity index (χ1v) is 6.76. The van der Waals surface area contributed by atoms with Gasteiger partial charge in [-0.2, -0.15) is 4.98 Å². The summed E-state index contributed by atoms with van der Waals surface area (Å²) in [6.45, 7) is 0.948. The van der Waals surface area contributed by atoms with E-state index in [-0.39, 0.29) is 6.04 Å². The van der Waals surface area contributed by atoms with Crippen LogP contribution in [-0.4, -0.2) is 23.6 Å². The number of nitrogens with zero attached hydrogens (tertiary/aromatic N) is 3. The van der Waals surface area contributed by atoms with Crippen molar-refractivity contribution in [1.82, 2.24) is 9.97 Å². The molecule has 0 saturated carbocycles. The highest BCUT2D eigenvalue weighted by Gasteiger charge is 2.28. The molecule has 1 atom stereocenters. The molecule has 5 heteroatoms. The van der Waals surface area contributed by atoms with Gasteiger partial charge in [-0.25, -0.2) is 0 Å². The van der Waals surface area contributed by atoms with Gasteiger partial charge in [0.05, 0.1) is 18.8 Å². The number of pyridine rings is 2. The van der Waals surface area contributed by atoms with Crippen LogP contribution in [0, 0.1) is 0 Å². The van der Waals surface area contributed by atoms with Crippen molar-refractivity contribution in [2.45, 2.75) is 18.9 Å². The maximum absolute atomic E-state index is 6.09. The van der Waals surface area contributed by atoms with Crippen molar-refractivity contribution in [2.75, 3.05) is 24.3 Å². The largest absolute Gasteiger partial charge is 0.481 e. The third-order valence-electron chi connectivity index (χ3n) is 3.68. The summed E-state index contributed by atoms with van der Waals surface area (Å²) in [5, 5.41) is 0. The van der Waals surface area contributed by atoms with Crippen molar-refractivity contribution in [2.24, 2.45) is 0 Å². The molecule has 0 spiro atoms. The third-order valence-corrected chi connectivity index (χ3v) is 3.68. The average Bonchev–Trinajstić information content (AvgIpc) is 2.98. The molecule has 2 aromatic heterocycles. The maximum Gasteiger partial charge on any atom is 0.215 e. The van der Waals surface area contributed by atoms with Crippen LogP contribution in [0.4, 0.5) is 11.5 Å². The van der Waals surface area contributed by atoms with Crippen LogP contribution < -0.4 is 15.4 Å². The molecule has 2 aromatic rings. The quantitative estimate of drug-likeness (QED) is 0.927. The van der Waals surface area contributed by atoms with Gasteiger partial charge < -0.3 is 15.4 Å². The number of rotatable bonds is 3. The molecule has 3 heterocycles. The van der Waals surface area contributed by atoms with Gasteiger partial charge in [0.25, 0.3) is 0 Å². The molecule has 1 aliphatic heterocycles. The van der Waals surface area contributed by atoms with Crippen molar-refractivity contribution < 1.29 is 4.74 Å². The highest BCUT2D eigenvalue weighted by Crippen LogP contribution is 2.37. The van der Waals surface area contributed by atoms with E-state index in [0.717, 1.165) is 25.2 Å². The first kappa shape index (κ1) is 12.7. The molecule has 1 unspecified atom stereocenters. The van der Waals surface area contributed by atoms with Crippen LogP contribution in [-0.2, 0) is 0 Å². The Balaban J connectivity index is 1.96. The number of aromatic nitrogens is 2. The van der Waals surface area contributed by atoms with Crippen molar-refractivity contribution in [1.29, 1.82) is 0 Å². The second-order valence-corrected chi connectivity index (χ2v) is 4.90. The molecule has 0 radical (unpaired) electrons. The second-order valence-electron chi connectivity index (χ2n) is 4.90. The van der Waals surface area contributed by atoms with Crippen molar-refractivity contribution >= 4 is 11.5 Å². The fraction of sp³-hybridized carbons (Fsp3) is 0.333. The van der Waals surface area contributed by atoms with Gasteiger partial charge >= 0.3 is 0 Å². The number of nitrogens with two attached hydrogens (primary N) is 1. The van der Waals surface area contributed by atoms with Crippen LogP contribution in [0.15, 0.2) is 36.7 Å². The zero-order valence-electron chi connectivity index (χ0n) is 11.5. The van der Waals surface area contributed by atoms with E-state index >= 15 is 0 Å². The summed E-state index contributed by atoms with van der Waals surface area (Å²) in [6, 6.07) is 7.99. The summed E-state index contributed by atoms with van der Waals surface area (Å²) in [5.41, 5.74) is 7.97. The van der Waals surface area contributed by atoms with E-state index in [4.69, 9.17) is 10.5 Å². The molecule has 5 nitrogen and oxygen atoms in total. The summed E-state index contributed by atoms with van der Waals surface area (Å²) in [6.07, 6.45) is 5.92. The number of nitrogen functional groups attached to an aromatic ring is 1. The lowest BCUT2D eigenvalue weighted by Crippen LogP contribution is -2.24. The lowest BCUT2D eigenvalue weighted by atomic mass is 10.1. The Morgan fingerprint density at radius 2 is 2.25 bits per heavy atom. The van der Waals surface area contributed by atoms with E-state index in [1.807, 2.05) is 18.3 Å². The number of hydrogen-bond acceptors (Lipinski definition) is 5. The maximum atomic E-state index is 6.09. The molecule has 0 aromatic carbocycles. The zero-order valence-corrected chi connectivity index (χ0v) is 11.5. The van der Waals surface area contributed by atoms with E-state index < -0.39 is 0 Å². The predicted octanol–water partition coefficient (Wildman–Crippen LogP) is 2.41. The minimum absolute atomic E-state index is 0.283. The molecule has 1 aliphatic rings. The second kappa shape index (κ2) is 5.36. The minimum atomic E-state index is 0.283. The molecule has 0 bridgehead atoms. The standard InChI is InChI=1S/C15H18N4O/c1-20-14-7-6-12(16)15(18-14)19-9-3-5-13(19)11-4-2-8-17-10-11/h2,4,6-8,10,13H,3,5,9,16H2,1H3. The van der Waals surface area contributed by atoms with Gasteiger partial charge in [-0.3, -0.25) is 4.98 Å². The molecular weight excluding hydrogens is 252 g/mol. The topological polar surface area (TPSA) is 64.3 Å². The molecule has 2 N–H and O–H groups in total. The number of ether oxygens (including phenoxy) is 1. The molecule has 0 amide bonds. The van der Waals surface area contributed by atoms with Crippen molar-refractivity contribution in [3.63, 3.8) is 0 Å². The molecule has 104 valence electrons. The van der Waals surface area contributed by atoms with Crippen molar-refractivity contribution in [3.05, 3.63) is 42.2 Å². The Morgan fingerprint density at radius 3 is 3.00 bits per heavy atom. The van der Waals surface area contributed by atoms with E-state index in [9.17, 15) is 0 Å². The average molecular weight is 270 g/mol. The van der Waals surface area contributed by atoms with Crippen LogP contribution in [0.25, 0.3) is 0 Å². The Labute approximate surface area is 118 Å². The highest BCUT2D eigenvalue weighted by atomic mass is 16.5. The Hall–Kier alpha value is -2.30. The van der Waals surface area contributed by atoms with Gasteiger partial charge in [-0.15, -0.1) is 0 Å². The van der Waals surface area contributed by atoms with Crippen LogP contribution in [0.1, 0.15) is 24.4 Å². The van der Waals surface area contributed by atoms with Crippen LogP contribution in [0.3, 0.4) is 0 Å². The highest BCUT2D eigenvalue weighted by molar-refractivity contribution is 5.65. The number of methoxy groups -OCH3 is 1. The van der Waals surface area contributed by atoms with Gasteiger partial charge in [-0.05, 0) is 30.5 Å². The number of anilines is 2. The first-order valence-electron chi connectivity index (χ1n) is 6.76. The normalized spacial score (nSPS) is 18.2. The Bertz CT molecular complexity index is 588. The smallest absolute Gasteiger partial charge is 0.215 e. The van der Waals surface area contributed by atoms with Gasteiger partial charge in [0, 0.05) is 25.0 Å². The monoisotopic (exact) mass is 270 g/mol. The summed E-state index contributed by atoms with van der Waals surface area (Å²) in [4.78, 5) is 11.0. The number of hydrogen-bond donors (Lipinski definition) is 1. The zero-order chi connectivity index (χ0) is 13.9. The first-order chi connectivity index (χ1) is 9.79. The molecule has 20 heavy (non-hydrogen) atoms. The van der Waals surface area contributed by atoms with E-state index in [1.165, 1.54) is 5.56 Å². The van der Waals surface area contributed by atoms with Crippen LogP contribution in [0.2, 0.25) is 0 Å². The molecular formula is C15H18N4O. The summed E-state index contributed by atoms with van der Waals surface area (Å²) < 4.78 is 5.20. The van der Waals surface area contributed by atoms with Gasteiger partial charge in [0.15, 0.2) is 5.82 Å². The minimum Gasteiger partial charge on any atom is -0.481 e. The Morgan fingerprint density at radius 1 is 1.35 bits per heavy atom. The SMILES string of the molecule is COc1ccc(N)c(N2CCCC2c2cccnc2)n1. The van der Waals surface area contributed by atoms with Gasteiger partial charge in [0.1, 0.15) is 0 Å². The fourth-order valence-electron chi connectivity index (χ4n) is 2.73. The summed E-state index contributed by atoms with van der Waals surface area (Å²) in [5.74, 6) is 1.39. The predicted molar refractivity (Wildman–Crippen MR) is 78.8 cm³/mol. The fourth-order valence-corrected chi connectivity index (χ4v) is 2.73. The summed E-state index contributed by atoms with van der Waals surface area (Å²) in [7, 11) is 1.62. The molecule has 1 saturated heterocycles. The van der Waals surface area contributed by atoms with Gasteiger partial charge in [0.2, 0.25) is 5.88 Å². The van der Waals surface area contributed by atoms with E-state index in [2.05, 4.69) is 20.9 Å². The van der Waals surface area contributed by atoms with Crippen molar-refractivity contribution in [3.8, 4) is 5.88 Å². The third kappa shape index (κ3) is 2.27. The lowest BCUT2D eigenvalue weighted by molar-refractivity contribution is 0.398. The lowest BCUT2D eigenvalue weighted by Gasteiger charge is -2.27. The Kier molecular flexibility index (Phi) is 3.41. The van der Waals surface area contributed by atoms with Crippen LogP contribution >= 0.6 is 0 Å². The molecule has 0 aliphatic carbocycles. The van der Waals surface area contributed by atoms with Gasteiger partial charge in [-0.1, -0.05) is 6.07 Å². The summed E-state index contributed by atoms with van der Waals surface area (Å²) >= 11 is 0. The van der Waals surface area contributed by atoms with E-state index in [1.54, 1.807) is 19.4 Å².